The molecule has 0 saturated carbocycles. The lowest BCUT2D eigenvalue weighted by molar-refractivity contribution is -0.130. The Morgan fingerprint density at radius 2 is 1.00 bits per heavy atom. The van der Waals surface area contributed by atoms with Crippen LogP contribution in [0.2, 0.25) is 0 Å². The van der Waals surface area contributed by atoms with Crippen LogP contribution in [0.25, 0.3) is 0 Å². The van der Waals surface area contributed by atoms with Crippen LogP contribution in [0, 0.1) is 55.4 Å². The molecule has 4 aromatic carbocycles. The van der Waals surface area contributed by atoms with Crippen LogP contribution in [-0.4, -0.2) is 24.2 Å². The molecule has 4 rings (SSSR count). The third-order valence-corrected chi connectivity index (χ3v) is 9.02. The number of esters is 2. The lowest BCUT2D eigenvalue weighted by atomic mass is 9.83. The molecule has 0 aliphatic carbocycles. The van der Waals surface area contributed by atoms with Crippen molar-refractivity contribution in [3.63, 3.8) is 0 Å². The van der Waals surface area contributed by atoms with E-state index in [0.29, 0.717) is 17.2 Å². The summed E-state index contributed by atoms with van der Waals surface area (Å²) in [7, 11) is 1.69. The molecule has 4 aromatic rings. The highest BCUT2D eigenvalue weighted by Gasteiger charge is 2.25. The molecular weight excluding hydrogens is 636 g/mol. The Hall–Kier alpha value is -5.10. The Morgan fingerprint density at radius 1 is 0.627 bits per heavy atom. The first-order chi connectivity index (χ1) is 24.1. The molecule has 0 aromatic heterocycles. The number of ether oxygens (including phenoxy) is 3. The molecule has 0 radical (unpaired) electrons. The van der Waals surface area contributed by atoms with Gasteiger partial charge in [-0.05, 0) is 84.1 Å². The predicted molar refractivity (Wildman–Crippen MR) is 208 cm³/mol. The van der Waals surface area contributed by atoms with Crippen LogP contribution in [0.4, 0.5) is 0 Å². The lowest BCUT2D eigenvalue weighted by Gasteiger charge is -2.24. The summed E-state index contributed by atoms with van der Waals surface area (Å²) >= 11 is 0. The van der Waals surface area contributed by atoms with Crippen LogP contribution < -0.4 is 14.2 Å². The van der Waals surface area contributed by atoms with Crippen LogP contribution in [0.5, 0.6) is 23.0 Å². The second-order valence-corrected chi connectivity index (χ2v) is 13.5. The number of methoxy groups -OCH3 is 1. The van der Waals surface area contributed by atoms with Crippen molar-refractivity contribution in [2.75, 3.05) is 7.11 Å². The number of phenols is 1. The average molecular weight is 691 g/mol. The van der Waals surface area contributed by atoms with Crippen molar-refractivity contribution in [2.45, 2.75) is 93.9 Å². The number of hydrogen-bond donors (Lipinski definition) is 1. The molecular formula is C45H54O6. The van der Waals surface area contributed by atoms with Crippen molar-refractivity contribution in [3.8, 4) is 23.0 Å². The van der Waals surface area contributed by atoms with Gasteiger partial charge in [-0.25, -0.2) is 9.59 Å². The minimum Gasteiger partial charge on any atom is -0.507 e. The van der Waals surface area contributed by atoms with Gasteiger partial charge in [0.2, 0.25) is 0 Å². The molecule has 0 amide bonds. The fraction of sp³-hybridized carbons (Fsp3) is 0.333. The quantitative estimate of drug-likeness (QED) is 0.0958. The van der Waals surface area contributed by atoms with E-state index >= 15 is 0 Å². The number of phenolic OH excluding ortho intramolecular Hbond substituents is 1. The third-order valence-electron chi connectivity index (χ3n) is 9.02. The summed E-state index contributed by atoms with van der Waals surface area (Å²) in [6.07, 6.45) is 4.15. The molecule has 0 aliphatic heterocycles. The highest BCUT2D eigenvalue weighted by Crippen LogP contribution is 2.43. The highest BCUT2D eigenvalue weighted by molar-refractivity contribution is 5.84. The maximum atomic E-state index is 11.9. The summed E-state index contributed by atoms with van der Waals surface area (Å²) in [6, 6.07) is 16.4. The molecule has 51 heavy (non-hydrogen) atoms. The van der Waals surface area contributed by atoms with Gasteiger partial charge in [-0.15, -0.1) is 0 Å². The first kappa shape index (κ1) is 40.3. The number of benzene rings is 4. The van der Waals surface area contributed by atoms with E-state index < -0.39 is 11.9 Å². The van der Waals surface area contributed by atoms with E-state index in [2.05, 4.69) is 58.2 Å². The van der Waals surface area contributed by atoms with E-state index in [9.17, 15) is 14.7 Å². The fourth-order valence-corrected chi connectivity index (χ4v) is 6.90. The van der Waals surface area contributed by atoms with Gasteiger partial charge in [0.05, 0.1) is 7.11 Å². The molecule has 1 N–H and O–H groups in total. The van der Waals surface area contributed by atoms with E-state index in [1.54, 1.807) is 7.11 Å². The van der Waals surface area contributed by atoms with Gasteiger partial charge in [-0.1, -0.05) is 104 Å². The summed E-state index contributed by atoms with van der Waals surface area (Å²) in [5.41, 5.74) is 12.2. The Labute approximate surface area is 304 Å². The largest absolute Gasteiger partial charge is 0.507 e. The molecule has 2 atom stereocenters. The van der Waals surface area contributed by atoms with Gasteiger partial charge in [0.15, 0.2) is 0 Å². The summed E-state index contributed by atoms with van der Waals surface area (Å²) in [6.45, 7) is 27.2. The molecule has 0 spiro atoms. The lowest BCUT2D eigenvalue weighted by Crippen LogP contribution is -2.11. The van der Waals surface area contributed by atoms with Gasteiger partial charge in [0, 0.05) is 46.2 Å². The Kier molecular flexibility index (Phi) is 14.0. The minimum atomic E-state index is -0.474. The predicted octanol–water partition coefficient (Wildman–Crippen LogP) is 10.8. The van der Waals surface area contributed by atoms with E-state index in [1.807, 2.05) is 72.7 Å². The van der Waals surface area contributed by atoms with Crippen LogP contribution in [0.15, 0.2) is 73.8 Å². The zero-order valence-corrected chi connectivity index (χ0v) is 32.2. The summed E-state index contributed by atoms with van der Waals surface area (Å²) in [4.78, 5) is 23.7. The smallest absolute Gasteiger partial charge is 0.335 e. The second-order valence-electron chi connectivity index (χ2n) is 13.5. The number of carbonyl (C=O) groups excluding carboxylic acids is 2. The van der Waals surface area contributed by atoms with Gasteiger partial charge in [-0.3, -0.25) is 0 Å². The maximum Gasteiger partial charge on any atom is 0.335 e. The second kappa shape index (κ2) is 17.7. The van der Waals surface area contributed by atoms with Crippen molar-refractivity contribution >= 4 is 11.9 Å². The van der Waals surface area contributed by atoms with Crippen LogP contribution in [0.3, 0.4) is 0 Å². The molecule has 0 fully saturated rings. The fourth-order valence-electron chi connectivity index (χ4n) is 6.90. The molecule has 6 nitrogen and oxygen atoms in total. The Bertz CT molecular complexity index is 1930. The third kappa shape index (κ3) is 9.78. The monoisotopic (exact) mass is 690 g/mol. The molecule has 2 unspecified atom stereocenters. The Morgan fingerprint density at radius 3 is 1.43 bits per heavy atom. The number of hydrogen-bond acceptors (Lipinski definition) is 6. The summed E-state index contributed by atoms with van der Waals surface area (Å²) < 4.78 is 16.8. The van der Waals surface area contributed by atoms with Gasteiger partial charge in [0.25, 0.3) is 0 Å². The molecule has 0 aliphatic rings. The van der Waals surface area contributed by atoms with Gasteiger partial charge in [-0.2, -0.15) is 0 Å². The number of carbonyl (C=O) groups is 2. The van der Waals surface area contributed by atoms with Gasteiger partial charge >= 0.3 is 11.9 Å². The van der Waals surface area contributed by atoms with Crippen molar-refractivity contribution < 1.29 is 28.9 Å². The van der Waals surface area contributed by atoms with E-state index in [-0.39, 0.29) is 11.8 Å². The van der Waals surface area contributed by atoms with Crippen LogP contribution in [-0.2, 0) is 9.59 Å². The van der Waals surface area contributed by atoms with Gasteiger partial charge in [0.1, 0.15) is 23.0 Å². The zero-order chi connectivity index (χ0) is 38.2. The number of aryl methyl sites for hydroxylation is 8. The SMILES string of the molecule is C=CC(=O)Oc1c(C)cc(C)cc1C(C)c1cc(C)cc(C)c1OC.C=CC(=O)Oc1c(C)cc(C)cc1C(CCC)c1cc(C)cc(C)c1O. The van der Waals surface area contributed by atoms with Crippen LogP contribution >= 0.6 is 0 Å². The molecule has 0 saturated heterocycles. The van der Waals surface area contributed by atoms with E-state index in [4.69, 9.17) is 14.2 Å². The first-order valence-electron chi connectivity index (χ1n) is 17.4. The topological polar surface area (TPSA) is 82.1 Å². The van der Waals surface area contributed by atoms with Crippen molar-refractivity contribution in [2.24, 2.45) is 0 Å². The standard InChI is InChI=1S/C23H28O3.C22H26O3/c1-7-9-18(19-12-14(3)10-16(5)22(19)25)20-13-15(4)11-17(6)23(20)26-21(24)8-2;1-8-20(23)25-22-16(5)10-14(3)12-19(22)17(6)18-11-13(2)9-15(4)21(18)24-7/h8,10-13,18,25H,2,7,9H2,1,3-6H3;8-12,17H,1H2,2-7H3. The zero-order valence-electron chi connectivity index (χ0n) is 32.2. The van der Waals surface area contributed by atoms with Crippen molar-refractivity contribution in [1.82, 2.24) is 0 Å². The summed E-state index contributed by atoms with van der Waals surface area (Å²) in [5, 5.41) is 10.7. The molecule has 270 valence electrons. The molecule has 6 heteroatoms. The molecule has 0 bridgehead atoms. The van der Waals surface area contributed by atoms with Crippen LogP contribution in [0.1, 0.15) is 105 Å². The first-order valence-corrected chi connectivity index (χ1v) is 17.4. The highest BCUT2D eigenvalue weighted by atomic mass is 16.5. The normalized spacial score (nSPS) is 11.8. The number of rotatable bonds is 11. The average Bonchev–Trinajstić information content (AvgIpc) is 3.07. The van der Waals surface area contributed by atoms with Crippen molar-refractivity contribution in [1.29, 1.82) is 0 Å². The minimum absolute atomic E-state index is 0.0137. The van der Waals surface area contributed by atoms with Gasteiger partial charge < -0.3 is 19.3 Å². The van der Waals surface area contributed by atoms with E-state index in [0.717, 1.165) is 79.8 Å². The Balaban J connectivity index is 0.000000276. The molecule has 0 heterocycles. The van der Waals surface area contributed by atoms with E-state index in [1.165, 1.54) is 17.7 Å². The van der Waals surface area contributed by atoms with Crippen molar-refractivity contribution in [3.05, 3.63) is 141 Å². The summed E-state index contributed by atoms with van der Waals surface area (Å²) in [5.74, 6) is 1.39. The number of aromatic hydroxyl groups is 1. The maximum absolute atomic E-state index is 11.9.